The Morgan fingerprint density at radius 2 is 1.90 bits per heavy atom. The number of carbonyl (C=O) groups is 1. The second-order valence-corrected chi connectivity index (χ2v) is 4.82. The fourth-order valence-electron chi connectivity index (χ4n) is 2.32. The number of nitrogens with zero attached hydrogens (tertiary/aromatic N) is 1. The lowest BCUT2D eigenvalue weighted by Gasteiger charge is -2.11. The molecular formula is C16H15NO3. The first-order valence-corrected chi connectivity index (χ1v) is 6.52. The minimum atomic E-state index is -0.352. The van der Waals surface area contributed by atoms with Gasteiger partial charge in [0.25, 0.3) is 0 Å². The molecule has 4 heteroatoms. The van der Waals surface area contributed by atoms with E-state index in [1.54, 1.807) is 0 Å². The molecule has 0 atom stereocenters. The van der Waals surface area contributed by atoms with Crippen LogP contribution in [0.1, 0.15) is 12.5 Å². The summed E-state index contributed by atoms with van der Waals surface area (Å²) in [7, 11) is 0. The summed E-state index contributed by atoms with van der Waals surface area (Å²) in [5.41, 5.74) is 2.72. The van der Waals surface area contributed by atoms with E-state index in [4.69, 9.17) is 4.42 Å². The third kappa shape index (κ3) is 2.26. The predicted octanol–water partition coefficient (Wildman–Crippen LogP) is 3.37. The van der Waals surface area contributed by atoms with Crippen LogP contribution in [0.25, 0.3) is 21.9 Å². The van der Waals surface area contributed by atoms with Gasteiger partial charge in [0.2, 0.25) is 5.91 Å². The Morgan fingerprint density at radius 3 is 2.70 bits per heavy atom. The fourth-order valence-corrected chi connectivity index (χ4v) is 2.32. The molecule has 4 nitrogen and oxygen atoms in total. The largest absolute Gasteiger partial charge is 0.456 e. The lowest BCUT2D eigenvalue weighted by atomic mass is 10.1. The van der Waals surface area contributed by atoms with Crippen molar-refractivity contribution < 1.29 is 14.4 Å². The molecule has 0 unspecified atom stereocenters. The van der Waals surface area contributed by atoms with E-state index >= 15 is 0 Å². The zero-order chi connectivity index (χ0) is 14.1. The van der Waals surface area contributed by atoms with Gasteiger partial charge in [0.05, 0.1) is 6.54 Å². The van der Waals surface area contributed by atoms with Crippen molar-refractivity contribution in [3.05, 3.63) is 48.0 Å². The van der Waals surface area contributed by atoms with Crippen LogP contribution in [0, 0.1) is 0 Å². The van der Waals surface area contributed by atoms with Gasteiger partial charge in [0.15, 0.2) is 0 Å². The van der Waals surface area contributed by atoms with E-state index in [-0.39, 0.29) is 12.5 Å². The van der Waals surface area contributed by atoms with E-state index in [2.05, 4.69) is 0 Å². The van der Waals surface area contributed by atoms with E-state index in [1.165, 1.54) is 6.92 Å². The third-order valence-electron chi connectivity index (χ3n) is 3.42. The van der Waals surface area contributed by atoms with Gasteiger partial charge in [-0.2, -0.15) is 0 Å². The van der Waals surface area contributed by atoms with Gasteiger partial charge < -0.3 is 4.42 Å². The number of hydrogen-bond donors (Lipinski definition) is 1. The number of hydroxylamine groups is 2. The van der Waals surface area contributed by atoms with Crippen molar-refractivity contribution in [3.8, 4) is 0 Å². The molecule has 3 rings (SSSR count). The van der Waals surface area contributed by atoms with Gasteiger partial charge in [-0.05, 0) is 24.1 Å². The standard InChI is InChI=1S/C16H15NO3/c1-11(18)17(19)9-8-12-6-7-14-13-4-2-3-5-15(13)20-16(14)10-12/h2-7,10,19H,8-9H2,1H3. The highest BCUT2D eigenvalue weighted by Crippen LogP contribution is 2.29. The van der Waals surface area contributed by atoms with Crippen molar-refractivity contribution in [1.29, 1.82) is 0 Å². The highest BCUT2D eigenvalue weighted by atomic mass is 16.5. The van der Waals surface area contributed by atoms with E-state index in [1.807, 2.05) is 42.5 Å². The molecule has 1 N–H and O–H groups in total. The number of fused-ring (bicyclic) bond motifs is 3. The Kier molecular flexibility index (Phi) is 3.16. The molecule has 3 aromatic rings. The first-order chi connectivity index (χ1) is 9.65. The molecule has 0 fully saturated rings. The Bertz CT molecular complexity index is 776. The molecular weight excluding hydrogens is 254 g/mol. The first-order valence-electron chi connectivity index (χ1n) is 6.52. The minimum absolute atomic E-state index is 0.279. The van der Waals surface area contributed by atoms with Gasteiger partial charge >= 0.3 is 0 Å². The third-order valence-corrected chi connectivity index (χ3v) is 3.42. The number of amides is 1. The number of para-hydroxylation sites is 1. The number of hydrogen-bond acceptors (Lipinski definition) is 3. The Balaban J connectivity index is 1.91. The molecule has 1 heterocycles. The van der Waals surface area contributed by atoms with Crippen molar-refractivity contribution in [2.75, 3.05) is 6.54 Å². The summed E-state index contributed by atoms with van der Waals surface area (Å²) in [5.74, 6) is -0.352. The number of rotatable bonds is 3. The Hall–Kier alpha value is -2.33. The second kappa shape index (κ2) is 4.98. The number of furan rings is 1. The maximum Gasteiger partial charge on any atom is 0.242 e. The van der Waals surface area contributed by atoms with Crippen molar-refractivity contribution in [3.63, 3.8) is 0 Å². The molecule has 0 aliphatic rings. The van der Waals surface area contributed by atoms with Crippen LogP contribution < -0.4 is 0 Å². The predicted molar refractivity (Wildman–Crippen MR) is 76.6 cm³/mol. The van der Waals surface area contributed by atoms with Crippen LogP contribution in [-0.2, 0) is 11.2 Å². The maximum atomic E-state index is 11.0. The lowest BCUT2D eigenvalue weighted by Crippen LogP contribution is -2.26. The van der Waals surface area contributed by atoms with Gasteiger partial charge in [0, 0.05) is 17.7 Å². The van der Waals surface area contributed by atoms with E-state index in [0.717, 1.165) is 32.6 Å². The van der Waals surface area contributed by atoms with Gasteiger partial charge in [-0.15, -0.1) is 0 Å². The molecule has 1 aromatic heterocycles. The molecule has 0 aliphatic carbocycles. The van der Waals surface area contributed by atoms with Crippen LogP contribution in [-0.4, -0.2) is 22.7 Å². The van der Waals surface area contributed by atoms with Gasteiger partial charge in [-0.1, -0.05) is 30.3 Å². The smallest absolute Gasteiger partial charge is 0.242 e. The molecule has 0 saturated carbocycles. The molecule has 0 aliphatic heterocycles. The summed E-state index contributed by atoms with van der Waals surface area (Å²) in [6, 6.07) is 13.9. The van der Waals surface area contributed by atoms with Gasteiger partial charge in [-0.25, -0.2) is 5.06 Å². The SMILES string of the molecule is CC(=O)N(O)CCc1ccc2c(c1)oc1ccccc12. The van der Waals surface area contributed by atoms with Crippen molar-refractivity contribution >= 4 is 27.8 Å². The number of carbonyl (C=O) groups excluding carboxylic acids is 1. The minimum Gasteiger partial charge on any atom is -0.456 e. The average Bonchev–Trinajstić information content (AvgIpc) is 2.82. The highest BCUT2D eigenvalue weighted by Gasteiger charge is 2.08. The van der Waals surface area contributed by atoms with E-state index in [0.29, 0.717) is 6.42 Å². The van der Waals surface area contributed by atoms with Crippen LogP contribution in [0.3, 0.4) is 0 Å². The average molecular weight is 269 g/mol. The topological polar surface area (TPSA) is 53.7 Å². The maximum absolute atomic E-state index is 11.0. The molecule has 2 aromatic carbocycles. The van der Waals surface area contributed by atoms with Crippen LogP contribution >= 0.6 is 0 Å². The summed E-state index contributed by atoms with van der Waals surface area (Å²) in [4.78, 5) is 11.0. The summed E-state index contributed by atoms with van der Waals surface area (Å²) in [6.45, 7) is 1.61. The summed E-state index contributed by atoms with van der Waals surface area (Å²) in [6.07, 6.45) is 0.586. The second-order valence-electron chi connectivity index (χ2n) is 4.82. The van der Waals surface area contributed by atoms with Crippen LogP contribution in [0.5, 0.6) is 0 Å². The molecule has 0 radical (unpaired) electrons. The van der Waals surface area contributed by atoms with Crippen molar-refractivity contribution in [2.45, 2.75) is 13.3 Å². The van der Waals surface area contributed by atoms with Crippen molar-refractivity contribution in [1.82, 2.24) is 5.06 Å². The molecule has 20 heavy (non-hydrogen) atoms. The summed E-state index contributed by atoms with van der Waals surface area (Å²) in [5, 5.41) is 12.3. The molecule has 1 amide bonds. The molecule has 0 saturated heterocycles. The first kappa shape index (κ1) is 12.7. The van der Waals surface area contributed by atoms with Gasteiger partial charge in [-0.3, -0.25) is 10.0 Å². The normalized spacial score (nSPS) is 11.1. The zero-order valence-electron chi connectivity index (χ0n) is 11.2. The molecule has 0 bridgehead atoms. The summed E-state index contributed by atoms with van der Waals surface area (Å²) >= 11 is 0. The van der Waals surface area contributed by atoms with Crippen LogP contribution in [0.4, 0.5) is 0 Å². The van der Waals surface area contributed by atoms with Crippen LogP contribution in [0.2, 0.25) is 0 Å². The Morgan fingerprint density at radius 1 is 1.15 bits per heavy atom. The zero-order valence-corrected chi connectivity index (χ0v) is 11.2. The summed E-state index contributed by atoms with van der Waals surface area (Å²) < 4.78 is 5.80. The lowest BCUT2D eigenvalue weighted by molar-refractivity contribution is -0.162. The van der Waals surface area contributed by atoms with Gasteiger partial charge in [0.1, 0.15) is 11.2 Å². The quantitative estimate of drug-likeness (QED) is 0.586. The van der Waals surface area contributed by atoms with E-state index < -0.39 is 0 Å². The molecule has 102 valence electrons. The fraction of sp³-hybridized carbons (Fsp3) is 0.188. The Labute approximate surface area is 116 Å². The monoisotopic (exact) mass is 269 g/mol. The van der Waals surface area contributed by atoms with Crippen LogP contribution in [0.15, 0.2) is 46.9 Å². The highest BCUT2D eigenvalue weighted by molar-refractivity contribution is 6.04. The molecule has 0 spiro atoms. The number of benzene rings is 2. The van der Waals surface area contributed by atoms with E-state index in [9.17, 15) is 10.0 Å². The van der Waals surface area contributed by atoms with Crippen molar-refractivity contribution in [2.24, 2.45) is 0 Å².